The van der Waals surface area contributed by atoms with Crippen molar-refractivity contribution < 1.29 is 14.0 Å². The van der Waals surface area contributed by atoms with Gasteiger partial charge in [-0.05, 0) is 45.2 Å². The topological polar surface area (TPSA) is 79.4 Å². The summed E-state index contributed by atoms with van der Waals surface area (Å²) in [7, 11) is -1.13. The van der Waals surface area contributed by atoms with E-state index >= 15 is 0 Å². The molecule has 0 aliphatic carbocycles. The number of amides is 1. The molecule has 5 rings (SSSR count). The minimum Gasteiger partial charge on any atom is -0.534 e. The first-order chi connectivity index (χ1) is 18.7. The second-order valence-corrected chi connectivity index (χ2v) is 14.9. The number of nitrogens with zero attached hydrogens (tertiary/aromatic N) is 2. The van der Waals surface area contributed by atoms with Gasteiger partial charge in [0.05, 0.1) is 19.0 Å². The zero-order valence-corrected chi connectivity index (χ0v) is 23.7. The number of hydrogen-bond donors (Lipinski definition) is 1. The van der Waals surface area contributed by atoms with Crippen LogP contribution in [0.15, 0.2) is 103 Å². The van der Waals surface area contributed by atoms with Crippen molar-refractivity contribution in [2.45, 2.75) is 32.4 Å². The van der Waals surface area contributed by atoms with E-state index in [9.17, 15) is 4.79 Å². The van der Waals surface area contributed by atoms with Gasteiger partial charge in [-0.15, -0.1) is 0 Å². The van der Waals surface area contributed by atoms with Crippen LogP contribution in [0.25, 0.3) is 11.0 Å². The number of benzene rings is 4. The van der Waals surface area contributed by atoms with E-state index in [-0.39, 0.29) is 5.04 Å². The number of ether oxygens (including phenoxy) is 1. The maximum absolute atomic E-state index is 11.7. The van der Waals surface area contributed by atoms with Crippen LogP contribution in [0.5, 0.6) is 11.5 Å². The summed E-state index contributed by atoms with van der Waals surface area (Å²) in [5.41, 5.74) is 8.41. The van der Waals surface area contributed by atoms with Gasteiger partial charge in [0.2, 0.25) is 5.91 Å². The number of primary amides is 1. The van der Waals surface area contributed by atoms with Crippen LogP contribution < -0.4 is 25.3 Å². The molecule has 6 nitrogen and oxygen atoms in total. The van der Waals surface area contributed by atoms with Gasteiger partial charge in [-0.2, -0.15) is 0 Å². The van der Waals surface area contributed by atoms with Crippen LogP contribution >= 0.6 is 0 Å². The van der Waals surface area contributed by atoms with Crippen LogP contribution in [0.3, 0.4) is 0 Å². The molecule has 0 radical (unpaired) electrons. The minimum absolute atomic E-state index is 0.121. The SMILES string of the molecule is COc1cc(C(N)=O)cc2ncn(Cc3ccc(O[Si](c4ccccc4)(c4ccccc4)C(C)(C)C)cc3)c12. The molecule has 1 amide bonds. The van der Waals surface area contributed by atoms with Crippen molar-refractivity contribution in [3.8, 4) is 11.5 Å². The third-order valence-electron chi connectivity index (χ3n) is 7.15. The summed E-state index contributed by atoms with van der Waals surface area (Å²) >= 11 is 0. The monoisotopic (exact) mass is 535 g/mol. The van der Waals surface area contributed by atoms with Gasteiger partial charge in [0.1, 0.15) is 17.0 Å². The van der Waals surface area contributed by atoms with Crippen LogP contribution in [0, 0.1) is 0 Å². The summed E-state index contributed by atoms with van der Waals surface area (Å²) in [4.78, 5) is 16.2. The van der Waals surface area contributed by atoms with E-state index in [1.54, 1.807) is 25.6 Å². The number of aromatic nitrogens is 2. The maximum Gasteiger partial charge on any atom is 0.319 e. The Morgan fingerprint density at radius 3 is 2.00 bits per heavy atom. The van der Waals surface area contributed by atoms with Crippen LogP contribution in [0.2, 0.25) is 5.04 Å². The predicted molar refractivity (Wildman–Crippen MR) is 159 cm³/mol. The van der Waals surface area contributed by atoms with E-state index in [1.807, 2.05) is 4.57 Å². The lowest BCUT2D eigenvalue weighted by molar-refractivity contribution is 0.1000. The number of carbonyl (C=O) groups excluding carboxylic acids is 1. The fourth-order valence-electron chi connectivity index (χ4n) is 5.27. The maximum atomic E-state index is 11.7. The molecule has 39 heavy (non-hydrogen) atoms. The van der Waals surface area contributed by atoms with Gasteiger partial charge in [-0.1, -0.05) is 93.6 Å². The third-order valence-corrected chi connectivity index (χ3v) is 12.1. The van der Waals surface area contributed by atoms with E-state index in [4.69, 9.17) is 14.9 Å². The fraction of sp³-hybridized carbons (Fsp3) is 0.188. The third kappa shape index (κ3) is 4.93. The molecule has 1 aromatic heterocycles. The summed E-state index contributed by atoms with van der Waals surface area (Å²) in [6.45, 7) is 7.40. The highest BCUT2D eigenvalue weighted by atomic mass is 28.4. The van der Waals surface area contributed by atoms with Crippen LogP contribution in [0.1, 0.15) is 36.7 Å². The van der Waals surface area contributed by atoms with Gasteiger partial charge in [0.15, 0.2) is 0 Å². The Labute approximate surface area is 230 Å². The van der Waals surface area contributed by atoms with E-state index in [2.05, 4.69) is 111 Å². The molecule has 7 heteroatoms. The van der Waals surface area contributed by atoms with Gasteiger partial charge in [-0.25, -0.2) is 4.98 Å². The van der Waals surface area contributed by atoms with Gasteiger partial charge in [0.25, 0.3) is 0 Å². The minimum atomic E-state index is -2.70. The quantitative estimate of drug-likeness (QED) is 0.279. The molecule has 5 aromatic rings. The average molecular weight is 536 g/mol. The molecule has 0 fully saturated rings. The number of imidazole rings is 1. The van der Waals surface area contributed by atoms with Gasteiger partial charge >= 0.3 is 8.32 Å². The standard InChI is InChI=1S/C32H33N3O3Si/c1-32(2,3)39(26-11-7-5-8-12-26,27-13-9-6-10-14-27)38-25-17-15-23(16-18-25)21-35-22-34-28-19-24(31(33)36)20-29(37-4)30(28)35/h5-20,22H,21H2,1-4H3,(H2,33,36). The Bertz CT molecular complexity index is 1550. The number of rotatable bonds is 8. The Morgan fingerprint density at radius 2 is 1.49 bits per heavy atom. The average Bonchev–Trinajstić information content (AvgIpc) is 3.35. The molecule has 4 aromatic carbocycles. The summed E-state index contributed by atoms with van der Waals surface area (Å²) in [5.74, 6) is 0.888. The van der Waals surface area contributed by atoms with Crippen LogP contribution in [0.4, 0.5) is 0 Å². The second kappa shape index (κ2) is 10.4. The predicted octanol–water partition coefficient (Wildman–Crippen LogP) is 5.13. The highest BCUT2D eigenvalue weighted by Crippen LogP contribution is 2.37. The lowest BCUT2D eigenvalue weighted by Crippen LogP contribution is -2.68. The van der Waals surface area contributed by atoms with Gasteiger partial charge in [-0.3, -0.25) is 4.79 Å². The summed E-state index contributed by atoms with van der Waals surface area (Å²) in [6, 6.07) is 32.9. The Balaban J connectivity index is 1.49. The number of hydrogen-bond acceptors (Lipinski definition) is 4. The largest absolute Gasteiger partial charge is 0.534 e. The molecule has 2 N–H and O–H groups in total. The van der Waals surface area contributed by atoms with Gasteiger partial charge < -0.3 is 19.5 Å². The molecular formula is C32H33N3O3Si. The molecule has 0 bridgehead atoms. The Hall–Kier alpha value is -4.36. The molecule has 0 unspecified atom stereocenters. The van der Waals surface area contributed by atoms with Crippen molar-refractivity contribution in [2.75, 3.05) is 7.11 Å². The summed E-state index contributed by atoms with van der Waals surface area (Å²) in [6.07, 6.45) is 1.75. The molecule has 1 heterocycles. The number of carbonyl (C=O) groups is 1. The summed E-state index contributed by atoms with van der Waals surface area (Å²) < 4.78 is 14.7. The molecule has 0 aliphatic rings. The van der Waals surface area contributed by atoms with E-state index in [0.29, 0.717) is 23.4 Å². The first kappa shape index (κ1) is 26.3. The Morgan fingerprint density at radius 1 is 0.897 bits per heavy atom. The van der Waals surface area contributed by atoms with E-state index < -0.39 is 14.2 Å². The lowest BCUT2D eigenvalue weighted by atomic mass is 10.1. The molecule has 0 saturated carbocycles. The van der Waals surface area contributed by atoms with Crippen molar-refractivity contribution in [1.29, 1.82) is 0 Å². The van der Waals surface area contributed by atoms with Crippen LogP contribution in [-0.4, -0.2) is 30.9 Å². The number of fused-ring (bicyclic) bond motifs is 1. The molecule has 198 valence electrons. The van der Waals surface area contributed by atoms with Crippen molar-refractivity contribution in [3.05, 3.63) is 115 Å². The lowest BCUT2D eigenvalue weighted by Gasteiger charge is -2.43. The molecule has 0 atom stereocenters. The molecule has 0 aliphatic heterocycles. The Kier molecular flexibility index (Phi) is 7.01. The smallest absolute Gasteiger partial charge is 0.319 e. The van der Waals surface area contributed by atoms with Crippen molar-refractivity contribution in [2.24, 2.45) is 5.73 Å². The highest BCUT2D eigenvalue weighted by Gasteiger charge is 2.52. The van der Waals surface area contributed by atoms with E-state index in [0.717, 1.165) is 16.8 Å². The first-order valence-corrected chi connectivity index (χ1v) is 14.9. The first-order valence-electron chi connectivity index (χ1n) is 12.9. The van der Waals surface area contributed by atoms with Gasteiger partial charge in [0, 0.05) is 12.1 Å². The fourth-order valence-corrected chi connectivity index (χ4v) is 9.69. The molecule has 0 spiro atoms. The molecular weight excluding hydrogens is 502 g/mol. The zero-order chi connectivity index (χ0) is 27.6. The number of methoxy groups -OCH3 is 1. The second-order valence-electron chi connectivity index (χ2n) is 10.7. The zero-order valence-electron chi connectivity index (χ0n) is 22.7. The highest BCUT2D eigenvalue weighted by molar-refractivity contribution is 7.00. The van der Waals surface area contributed by atoms with Crippen LogP contribution in [-0.2, 0) is 6.54 Å². The molecule has 0 saturated heterocycles. The van der Waals surface area contributed by atoms with Crippen molar-refractivity contribution >= 4 is 35.6 Å². The van der Waals surface area contributed by atoms with E-state index in [1.165, 1.54) is 10.4 Å². The van der Waals surface area contributed by atoms with Crippen molar-refractivity contribution in [1.82, 2.24) is 9.55 Å². The summed E-state index contributed by atoms with van der Waals surface area (Å²) in [5, 5.41) is 2.35. The van der Waals surface area contributed by atoms with Crippen molar-refractivity contribution in [3.63, 3.8) is 0 Å². The normalized spacial score (nSPS) is 11.9. The number of nitrogens with two attached hydrogens (primary N) is 1.